The molecule has 2 rings (SSSR count). The number of para-hydroxylation sites is 1. The third-order valence-electron chi connectivity index (χ3n) is 3.67. The summed E-state index contributed by atoms with van der Waals surface area (Å²) in [6.07, 6.45) is 0.296. The van der Waals surface area contributed by atoms with E-state index in [2.05, 4.69) is 5.32 Å². The highest BCUT2D eigenvalue weighted by atomic mass is 16.6. The Hall–Kier alpha value is -3.22. The Bertz CT molecular complexity index is 775. The van der Waals surface area contributed by atoms with Crippen LogP contribution in [-0.4, -0.2) is 41.8 Å². The quantitative estimate of drug-likeness (QED) is 0.643. The predicted octanol–water partition coefficient (Wildman–Crippen LogP) is 2.02. The molecule has 2 aromatic rings. The number of likely N-dealkylation sites (N-methyl/N-ethyl adjacent to an activating group) is 1. The molecule has 0 saturated heterocycles. The molecule has 0 aromatic heterocycles. The van der Waals surface area contributed by atoms with Gasteiger partial charge in [0.05, 0.1) is 4.92 Å². The van der Waals surface area contributed by atoms with Crippen molar-refractivity contribution in [3.8, 4) is 0 Å². The van der Waals surface area contributed by atoms with Gasteiger partial charge in [0, 0.05) is 26.6 Å². The highest BCUT2D eigenvalue weighted by Crippen LogP contribution is 2.18. The number of nitrogens with one attached hydrogen (secondary N) is 1. The van der Waals surface area contributed by atoms with Crippen LogP contribution >= 0.6 is 0 Å². The lowest BCUT2D eigenvalue weighted by molar-refractivity contribution is -0.385. The van der Waals surface area contributed by atoms with Crippen LogP contribution in [0.5, 0.6) is 0 Å². The van der Waals surface area contributed by atoms with Crippen LogP contribution in [0.25, 0.3) is 0 Å². The minimum absolute atomic E-state index is 0.0721. The van der Waals surface area contributed by atoms with Crippen molar-refractivity contribution in [2.24, 2.45) is 0 Å². The first-order chi connectivity index (χ1) is 11.9. The van der Waals surface area contributed by atoms with Gasteiger partial charge in [0.15, 0.2) is 0 Å². The first-order valence-corrected chi connectivity index (χ1v) is 7.69. The third-order valence-corrected chi connectivity index (χ3v) is 3.67. The standard InChI is InChI=1S/C18H19N3O4/c1-20(2)18(23)15(12-13-8-4-3-5-9-13)19-17(22)14-10-6-7-11-16(14)21(24)25/h3-11,15H,12H2,1-2H3,(H,19,22). The second kappa shape index (κ2) is 8.05. The minimum Gasteiger partial charge on any atom is -0.347 e. The van der Waals surface area contributed by atoms with Gasteiger partial charge in [-0.25, -0.2) is 0 Å². The molecule has 2 aromatic carbocycles. The van der Waals surface area contributed by atoms with E-state index in [4.69, 9.17) is 0 Å². The van der Waals surface area contributed by atoms with Gasteiger partial charge in [0.1, 0.15) is 11.6 Å². The maximum Gasteiger partial charge on any atom is 0.282 e. The second-order valence-electron chi connectivity index (χ2n) is 5.72. The first kappa shape index (κ1) is 18.1. The van der Waals surface area contributed by atoms with Crippen LogP contribution in [-0.2, 0) is 11.2 Å². The van der Waals surface area contributed by atoms with E-state index < -0.39 is 16.9 Å². The van der Waals surface area contributed by atoms with Gasteiger partial charge < -0.3 is 10.2 Å². The van der Waals surface area contributed by atoms with Gasteiger partial charge in [-0.15, -0.1) is 0 Å². The molecule has 7 heteroatoms. The fourth-order valence-electron chi connectivity index (χ4n) is 2.42. The normalized spacial score (nSPS) is 11.4. The minimum atomic E-state index is -0.815. The molecule has 0 aliphatic heterocycles. The van der Waals surface area contributed by atoms with Crippen molar-refractivity contribution >= 4 is 17.5 Å². The summed E-state index contributed by atoms with van der Waals surface area (Å²) in [6.45, 7) is 0. The lowest BCUT2D eigenvalue weighted by Crippen LogP contribution is -2.47. The smallest absolute Gasteiger partial charge is 0.282 e. The SMILES string of the molecule is CN(C)C(=O)C(Cc1ccccc1)NC(=O)c1ccccc1[N+](=O)[O-]. The summed E-state index contributed by atoms with van der Waals surface area (Å²) in [5.74, 6) is -0.931. The van der Waals surface area contributed by atoms with Gasteiger partial charge in [-0.3, -0.25) is 19.7 Å². The van der Waals surface area contributed by atoms with E-state index in [0.717, 1.165) is 5.56 Å². The van der Waals surface area contributed by atoms with Crippen molar-refractivity contribution in [1.82, 2.24) is 10.2 Å². The van der Waals surface area contributed by atoms with E-state index in [0.29, 0.717) is 6.42 Å². The molecule has 0 aliphatic rings. The molecule has 0 fully saturated rings. The molecular formula is C18H19N3O4. The average Bonchev–Trinajstić information content (AvgIpc) is 2.61. The summed E-state index contributed by atoms with van der Waals surface area (Å²) in [5.41, 5.74) is 0.512. The van der Waals surface area contributed by atoms with Crippen molar-refractivity contribution in [3.05, 3.63) is 75.8 Å². The molecule has 0 bridgehead atoms. The van der Waals surface area contributed by atoms with Crippen LogP contribution in [0.4, 0.5) is 5.69 Å². The number of carbonyl (C=O) groups is 2. The summed E-state index contributed by atoms with van der Waals surface area (Å²) < 4.78 is 0. The number of hydrogen-bond donors (Lipinski definition) is 1. The number of rotatable bonds is 6. The van der Waals surface area contributed by atoms with Gasteiger partial charge in [-0.05, 0) is 11.6 Å². The van der Waals surface area contributed by atoms with E-state index >= 15 is 0 Å². The fourth-order valence-corrected chi connectivity index (χ4v) is 2.42. The summed E-state index contributed by atoms with van der Waals surface area (Å²) in [4.78, 5) is 36.8. The molecule has 0 radical (unpaired) electrons. The molecule has 2 amide bonds. The maximum atomic E-state index is 12.5. The van der Waals surface area contributed by atoms with Crippen LogP contribution in [0.2, 0.25) is 0 Å². The van der Waals surface area contributed by atoms with E-state index in [9.17, 15) is 19.7 Å². The zero-order valence-electron chi connectivity index (χ0n) is 14.0. The van der Waals surface area contributed by atoms with Crippen molar-refractivity contribution < 1.29 is 14.5 Å². The van der Waals surface area contributed by atoms with E-state index in [1.54, 1.807) is 20.2 Å². The Morgan fingerprint density at radius 3 is 2.28 bits per heavy atom. The summed E-state index contributed by atoms with van der Waals surface area (Å²) >= 11 is 0. The Morgan fingerprint density at radius 2 is 1.68 bits per heavy atom. The molecule has 7 nitrogen and oxygen atoms in total. The van der Waals surface area contributed by atoms with Gasteiger partial charge in [-0.1, -0.05) is 42.5 Å². The number of carbonyl (C=O) groups excluding carboxylic acids is 2. The van der Waals surface area contributed by atoms with Crippen LogP contribution in [0, 0.1) is 10.1 Å². The molecule has 0 aliphatic carbocycles. The van der Waals surface area contributed by atoms with Gasteiger partial charge in [0.2, 0.25) is 5.91 Å². The molecule has 0 heterocycles. The molecular weight excluding hydrogens is 322 g/mol. The number of hydrogen-bond acceptors (Lipinski definition) is 4. The van der Waals surface area contributed by atoms with Crippen molar-refractivity contribution in [2.45, 2.75) is 12.5 Å². The van der Waals surface area contributed by atoms with E-state index in [1.165, 1.54) is 23.1 Å². The first-order valence-electron chi connectivity index (χ1n) is 7.69. The molecule has 0 spiro atoms. The largest absolute Gasteiger partial charge is 0.347 e. The summed E-state index contributed by atoms with van der Waals surface area (Å²) in [7, 11) is 3.19. The molecule has 0 saturated carbocycles. The number of benzene rings is 2. The summed E-state index contributed by atoms with van der Waals surface area (Å²) in [5, 5.41) is 13.7. The Labute approximate surface area is 145 Å². The highest BCUT2D eigenvalue weighted by Gasteiger charge is 2.26. The number of nitro groups is 1. The van der Waals surface area contributed by atoms with Crippen molar-refractivity contribution in [3.63, 3.8) is 0 Å². The molecule has 1 N–H and O–H groups in total. The predicted molar refractivity (Wildman–Crippen MR) is 93.2 cm³/mol. The second-order valence-corrected chi connectivity index (χ2v) is 5.72. The van der Waals surface area contributed by atoms with Crippen LogP contribution in [0.1, 0.15) is 15.9 Å². The molecule has 1 unspecified atom stereocenters. The average molecular weight is 341 g/mol. The monoisotopic (exact) mass is 341 g/mol. The zero-order valence-corrected chi connectivity index (χ0v) is 14.0. The Balaban J connectivity index is 2.26. The Kier molecular flexibility index (Phi) is 5.84. The third kappa shape index (κ3) is 4.63. The van der Waals surface area contributed by atoms with Gasteiger partial charge >= 0.3 is 0 Å². The zero-order chi connectivity index (χ0) is 18.4. The topological polar surface area (TPSA) is 92.6 Å². The van der Waals surface area contributed by atoms with Crippen LogP contribution < -0.4 is 5.32 Å². The van der Waals surface area contributed by atoms with Crippen LogP contribution in [0.15, 0.2) is 54.6 Å². The molecule has 1 atom stereocenters. The number of amides is 2. The van der Waals surface area contributed by atoms with E-state index in [1.807, 2.05) is 30.3 Å². The van der Waals surface area contributed by atoms with E-state index in [-0.39, 0.29) is 17.2 Å². The highest BCUT2D eigenvalue weighted by molar-refractivity contribution is 6.00. The van der Waals surface area contributed by atoms with Crippen LogP contribution in [0.3, 0.4) is 0 Å². The van der Waals surface area contributed by atoms with Crippen molar-refractivity contribution in [2.75, 3.05) is 14.1 Å². The number of nitro benzene ring substituents is 1. The number of nitrogens with zero attached hydrogens (tertiary/aromatic N) is 2. The molecule has 130 valence electrons. The van der Waals surface area contributed by atoms with Gasteiger partial charge in [-0.2, -0.15) is 0 Å². The lowest BCUT2D eigenvalue weighted by atomic mass is 10.0. The van der Waals surface area contributed by atoms with Crippen molar-refractivity contribution in [1.29, 1.82) is 0 Å². The summed E-state index contributed by atoms with van der Waals surface area (Å²) in [6, 6.07) is 14.1. The fraction of sp³-hybridized carbons (Fsp3) is 0.222. The Morgan fingerprint density at radius 1 is 1.08 bits per heavy atom. The maximum absolute atomic E-state index is 12.5. The van der Waals surface area contributed by atoms with Gasteiger partial charge in [0.25, 0.3) is 11.6 Å². The lowest BCUT2D eigenvalue weighted by Gasteiger charge is -2.22. The molecule has 25 heavy (non-hydrogen) atoms.